The first-order chi connectivity index (χ1) is 9.58. The Morgan fingerprint density at radius 3 is 2.65 bits per heavy atom. The van der Waals surface area contributed by atoms with Gasteiger partial charge >= 0.3 is 0 Å². The summed E-state index contributed by atoms with van der Waals surface area (Å²) in [6.07, 6.45) is 0. The van der Waals surface area contributed by atoms with Gasteiger partial charge in [0.05, 0.1) is 6.61 Å². The average Bonchev–Trinajstić information content (AvgIpc) is 2.76. The Bertz CT molecular complexity index is 587. The molecule has 0 saturated heterocycles. The third-order valence-corrected chi connectivity index (χ3v) is 3.38. The number of benzene rings is 1. The first-order valence-corrected chi connectivity index (χ1v) is 7.02. The Morgan fingerprint density at radius 2 is 2.10 bits per heavy atom. The van der Waals surface area contributed by atoms with Crippen LogP contribution in [0, 0.1) is 0 Å². The number of ether oxygens (including phenoxy) is 1. The highest BCUT2D eigenvalue weighted by Crippen LogP contribution is 2.29. The summed E-state index contributed by atoms with van der Waals surface area (Å²) < 4.78 is 7.27. The van der Waals surface area contributed by atoms with Gasteiger partial charge in [0.1, 0.15) is 17.3 Å². The zero-order valence-corrected chi connectivity index (χ0v) is 12.7. The predicted molar refractivity (Wildman–Crippen MR) is 82.6 cm³/mol. The van der Waals surface area contributed by atoms with Crippen molar-refractivity contribution in [1.82, 2.24) is 9.55 Å². The molecule has 0 aliphatic carbocycles. The first-order valence-electron chi connectivity index (χ1n) is 7.02. The zero-order chi connectivity index (χ0) is 14.7. The van der Waals surface area contributed by atoms with Gasteiger partial charge in [0, 0.05) is 25.1 Å². The quantitative estimate of drug-likeness (QED) is 0.908. The number of hydrogen-bond donors (Lipinski definition) is 1. The Labute approximate surface area is 120 Å². The number of nitrogen functional groups attached to an aromatic ring is 1. The normalized spacial score (nSPS) is 11.2. The lowest BCUT2D eigenvalue weighted by Crippen LogP contribution is -2.06. The minimum Gasteiger partial charge on any atom is -0.383 e. The monoisotopic (exact) mass is 273 g/mol. The van der Waals surface area contributed by atoms with Crippen molar-refractivity contribution in [2.24, 2.45) is 0 Å². The lowest BCUT2D eigenvalue weighted by molar-refractivity contribution is 0.185. The number of hydrogen-bond acceptors (Lipinski definition) is 3. The van der Waals surface area contributed by atoms with E-state index in [2.05, 4.69) is 31.4 Å². The summed E-state index contributed by atoms with van der Waals surface area (Å²) in [6.45, 7) is 7.80. The van der Waals surface area contributed by atoms with Crippen molar-refractivity contribution >= 4 is 5.82 Å². The highest BCUT2D eigenvalue weighted by Gasteiger charge is 2.17. The maximum Gasteiger partial charge on any atom is 0.131 e. The second-order valence-corrected chi connectivity index (χ2v) is 5.24. The van der Waals surface area contributed by atoms with Crippen LogP contribution < -0.4 is 5.73 Å². The van der Waals surface area contributed by atoms with Crippen LogP contribution in [0.15, 0.2) is 24.3 Å². The Morgan fingerprint density at radius 1 is 1.35 bits per heavy atom. The van der Waals surface area contributed by atoms with E-state index in [1.807, 2.05) is 18.2 Å². The summed E-state index contributed by atoms with van der Waals surface area (Å²) in [5.41, 5.74) is 9.32. The molecule has 0 amide bonds. The molecule has 2 N–H and O–H groups in total. The Balaban J connectivity index is 2.50. The fourth-order valence-corrected chi connectivity index (χ4v) is 2.44. The molecule has 0 unspecified atom stereocenters. The summed E-state index contributed by atoms with van der Waals surface area (Å²) in [6, 6.07) is 8.20. The summed E-state index contributed by atoms with van der Waals surface area (Å²) in [4.78, 5) is 4.75. The van der Waals surface area contributed by atoms with Gasteiger partial charge in [-0.15, -0.1) is 0 Å². The molecular formula is C16H23N3O. The van der Waals surface area contributed by atoms with Gasteiger partial charge in [-0.25, -0.2) is 4.98 Å². The molecular weight excluding hydrogens is 250 g/mol. The third-order valence-electron chi connectivity index (χ3n) is 3.38. The zero-order valence-electron chi connectivity index (χ0n) is 12.7. The largest absolute Gasteiger partial charge is 0.383 e. The second kappa shape index (κ2) is 6.09. The van der Waals surface area contributed by atoms with Crippen LogP contribution in [-0.4, -0.2) is 16.7 Å². The third kappa shape index (κ3) is 2.70. The van der Waals surface area contributed by atoms with Crippen LogP contribution in [0.1, 0.15) is 38.1 Å². The molecule has 108 valence electrons. The number of aromatic nitrogens is 2. The maximum absolute atomic E-state index is 6.28. The molecule has 1 aromatic heterocycles. The number of anilines is 1. The molecule has 4 heteroatoms. The molecule has 2 rings (SSSR count). The highest BCUT2D eigenvalue weighted by molar-refractivity contribution is 5.71. The average molecular weight is 273 g/mol. The molecule has 1 aromatic carbocycles. The van der Waals surface area contributed by atoms with Gasteiger partial charge in [0.2, 0.25) is 0 Å². The number of rotatable bonds is 5. The molecule has 0 aliphatic rings. The molecule has 1 heterocycles. The van der Waals surface area contributed by atoms with Crippen LogP contribution in [0.2, 0.25) is 0 Å². The molecule has 0 aliphatic heterocycles. The topological polar surface area (TPSA) is 53.1 Å². The lowest BCUT2D eigenvalue weighted by atomic mass is 10.1. The molecule has 20 heavy (non-hydrogen) atoms. The van der Waals surface area contributed by atoms with Crippen molar-refractivity contribution in [2.45, 2.75) is 39.8 Å². The van der Waals surface area contributed by atoms with Gasteiger partial charge in [-0.1, -0.05) is 32.0 Å². The van der Waals surface area contributed by atoms with Crippen molar-refractivity contribution in [3.8, 4) is 11.3 Å². The lowest BCUT2D eigenvalue weighted by Gasteiger charge is -2.08. The van der Waals surface area contributed by atoms with E-state index in [1.165, 1.54) is 0 Å². The smallest absolute Gasteiger partial charge is 0.131 e. The minimum atomic E-state index is 0.355. The van der Waals surface area contributed by atoms with Crippen LogP contribution in [-0.2, 0) is 17.9 Å². The van der Waals surface area contributed by atoms with Crippen molar-refractivity contribution in [3.05, 3.63) is 35.7 Å². The fraction of sp³-hybridized carbons (Fsp3) is 0.438. The van der Waals surface area contributed by atoms with Crippen LogP contribution >= 0.6 is 0 Å². The summed E-state index contributed by atoms with van der Waals surface area (Å²) >= 11 is 0. The summed E-state index contributed by atoms with van der Waals surface area (Å²) in [5, 5.41) is 0. The van der Waals surface area contributed by atoms with Gasteiger partial charge in [0.25, 0.3) is 0 Å². The maximum atomic E-state index is 6.28. The van der Waals surface area contributed by atoms with E-state index < -0.39 is 0 Å². The van der Waals surface area contributed by atoms with E-state index >= 15 is 0 Å². The summed E-state index contributed by atoms with van der Waals surface area (Å²) in [5.74, 6) is 2.14. The van der Waals surface area contributed by atoms with Gasteiger partial charge in [-0.3, -0.25) is 0 Å². The molecule has 0 spiro atoms. The van der Waals surface area contributed by atoms with Crippen LogP contribution in [0.4, 0.5) is 5.82 Å². The SMILES string of the molecule is CCn1c(C(C)C)nc(-c2cccc(COC)c2)c1N. The van der Waals surface area contributed by atoms with E-state index in [4.69, 9.17) is 15.5 Å². The molecule has 2 aromatic rings. The fourth-order valence-electron chi connectivity index (χ4n) is 2.44. The van der Waals surface area contributed by atoms with Gasteiger partial charge in [-0.05, 0) is 18.6 Å². The Hall–Kier alpha value is -1.81. The number of imidazole rings is 1. The van der Waals surface area contributed by atoms with Crippen molar-refractivity contribution in [1.29, 1.82) is 0 Å². The van der Waals surface area contributed by atoms with Crippen molar-refractivity contribution < 1.29 is 4.74 Å². The molecule has 0 bridgehead atoms. The van der Waals surface area contributed by atoms with Crippen LogP contribution in [0.25, 0.3) is 11.3 Å². The number of nitrogens with two attached hydrogens (primary N) is 1. The summed E-state index contributed by atoms with van der Waals surface area (Å²) in [7, 11) is 1.70. The number of methoxy groups -OCH3 is 1. The highest BCUT2D eigenvalue weighted by atomic mass is 16.5. The van der Waals surface area contributed by atoms with E-state index in [1.54, 1.807) is 7.11 Å². The molecule has 0 atom stereocenters. The van der Waals surface area contributed by atoms with Crippen molar-refractivity contribution in [3.63, 3.8) is 0 Å². The number of nitrogens with zero attached hydrogens (tertiary/aromatic N) is 2. The molecule has 0 radical (unpaired) electrons. The first kappa shape index (κ1) is 14.6. The van der Waals surface area contributed by atoms with E-state index in [9.17, 15) is 0 Å². The van der Waals surface area contributed by atoms with Crippen LogP contribution in [0.5, 0.6) is 0 Å². The Kier molecular flexibility index (Phi) is 4.45. The van der Waals surface area contributed by atoms with Crippen molar-refractivity contribution in [2.75, 3.05) is 12.8 Å². The van der Waals surface area contributed by atoms with E-state index in [-0.39, 0.29) is 0 Å². The van der Waals surface area contributed by atoms with E-state index in [0.29, 0.717) is 12.5 Å². The second-order valence-electron chi connectivity index (χ2n) is 5.24. The van der Waals surface area contributed by atoms with Gasteiger partial charge in [0.15, 0.2) is 0 Å². The molecule has 0 saturated carbocycles. The van der Waals surface area contributed by atoms with E-state index in [0.717, 1.165) is 35.0 Å². The minimum absolute atomic E-state index is 0.355. The molecule has 4 nitrogen and oxygen atoms in total. The van der Waals surface area contributed by atoms with Gasteiger partial charge < -0.3 is 15.0 Å². The molecule has 0 fully saturated rings. The predicted octanol–water partition coefficient (Wildman–Crippen LogP) is 3.42. The van der Waals surface area contributed by atoms with Crippen LogP contribution in [0.3, 0.4) is 0 Å². The standard InChI is InChI=1S/C16H23N3O/c1-5-19-15(17)14(18-16(19)11(2)3)13-8-6-7-12(9-13)10-20-4/h6-9,11H,5,10,17H2,1-4H3. The van der Waals surface area contributed by atoms with Gasteiger partial charge in [-0.2, -0.15) is 0 Å².